The Balaban J connectivity index is 0.943. The van der Waals surface area contributed by atoms with Crippen LogP contribution in [0.25, 0.3) is 16.7 Å². The van der Waals surface area contributed by atoms with E-state index >= 15 is 0 Å². The fraction of sp³-hybridized carbons (Fsp3) is 0.386. The third-order valence-electron chi connectivity index (χ3n) is 12.9. The number of benzene rings is 3. The van der Waals surface area contributed by atoms with E-state index in [1.54, 1.807) is 0 Å². The number of ether oxygens (including phenoxy) is 3. The molecule has 6 atom stereocenters. The lowest BCUT2D eigenvalue weighted by atomic mass is 9.85. The highest BCUT2D eigenvalue weighted by atomic mass is 31.3. The summed E-state index contributed by atoms with van der Waals surface area (Å²) >= 11 is 0. The van der Waals surface area contributed by atoms with Crippen molar-refractivity contribution >= 4 is 69.8 Å². The summed E-state index contributed by atoms with van der Waals surface area (Å²) in [4.78, 5) is 103. The van der Waals surface area contributed by atoms with E-state index in [0.717, 1.165) is 84.9 Å². The number of carboxylic acids is 1. The lowest BCUT2D eigenvalue weighted by Gasteiger charge is -2.32. The molecule has 0 aliphatic carbocycles. The number of carboxylic acid groups (broad SMARTS) is 1. The van der Waals surface area contributed by atoms with Crippen molar-refractivity contribution in [2.75, 3.05) is 56.5 Å². The fourth-order valence-corrected chi connectivity index (χ4v) is 12.7. The summed E-state index contributed by atoms with van der Waals surface area (Å²) in [5.41, 5.74) is 9.23. The maximum absolute atomic E-state index is 13.9. The van der Waals surface area contributed by atoms with Crippen molar-refractivity contribution in [1.82, 2.24) is 34.7 Å². The van der Waals surface area contributed by atoms with Crippen molar-refractivity contribution in [3.8, 4) is 11.5 Å². The van der Waals surface area contributed by atoms with Crippen molar-refractivity contribution in [2.45, 2.75) is 64.1 Å². The number of carbonyl (C=O) groups excluding carboxylic acids is 2. The molecule has 1 fully saturated rings. The number of rotatable bonds is 17. The Morgan fingerprint density at radius 2 is 1.71 bits per heavy atom. The van der Waals surface area contributed by atoms with Gasteiger partial charge >= 0.3 is 35.5 Å². The highest BCUT2D eigenvalue weighted by Gasteiger charge is 2.50. The van der Waals surface area contributed by atoms with Gasteiger partial charge in [0, 0.05) is 71.8 Å². The molecule has 2 aromatic heterocycles. The number of aliphatic hydroxyl groups is 1. The zero-order valence-electron chi connectivity index (χ0n) is 39.9. The smallest absolute Gasteiger partial charge is 0.478 e. The van der Waals surface area contributed by atoms with Crippen LogP contribution in [0.4, 0.5) is 16.4 Å². The molecule has 31 heteroatoms. The molecular weight excluding hydrogens is 1050 g/mol. The SMILES string of the molecule is CCN1CCCc2cc3c(cc21)Oc1cc2c(cc1=C3c1cc(C(=O)NCCNC(=O)O[C@H]3[C@@H](O)[C@H](n4cnc5c(=O)[nH]c(N)nc54)O[C@@H]3COP(=O)(O)OP(=O)(O)OP(=O)(O)O)ccc1C(=O)O)CCC[N+]=2CC. The predicted octanol–water partition coefficient (Wildman–Crippen LogP) is 1.11. The first-order valence-electron chi connectivity index (χ1n) is 23.4. The topological polar surface area (TPSA) is 399 Å². The molecule has 5 aromatic rings. The van der Waals surface area contributed by atoms with Gasteiger partial charge in [-0.25, -0.2) is 32.8 Å². The monoisotopic (exact) mass is 1100 g/mol. The minimum Gasteiger partial charge on any atom is -0.478 e. The summed E-state index contributed by atoms with van der Waals surface area (Å²) in [6.45, 7) is 5.77. The van der Waals surface area contributed by atoms with Crippen LogP contribution in [0.1, 0.15) is 75.9 Å². The van der Waals surface area contributed by atoms with E-state index < -0.39 is 78.1 Å². The summed E-state index contributed by atoms with van der Waals surface area (Å²) in [7, 11) is -17.4. The van der Waals surface area contributed by atoms with E-state index in [0.29, 0.717) is 27.9 Å². The number of nitrogens with one attached hydrogen (secondary N) is 3. The molecule has 28 nitrogen and oxygen atoms in total. The summed E-state index contributed by atoms with van der Waals surface area (Å²) < 4.78 is 69.1. The van der Waals surface area contributed by atoms with Gasteiger partial charge in [-0.1, -0.05) is 0 Å². The van der Waals surface area contributed by atoms with Crippen LogP contribution in [0.15, 0.2) is 53.6 Å². The lowest BCUT2D eigenvalue weighted by molar-refractivity contribution is -0.0508. The van der Waals surface area contributed by atoms with Gasteiger partial charge in [0.15, 0.2) is 23.5 Å². The van der Waals surface area contributed by atoms with Gasteiger partial charge in [0.25, 0.3) is 11.5 Å². The number of aliphatic hydroxyl groups excluding tert-OH is 1. The molecule has 400 valence electrons. The molecule has 4 aliphatic rings. The Hall–Kier alpha value is -6.38. The number of alkyl carbamates (subject to hydrolysis) is 1. The number of nitrogen functional groups attached to an aromatic ring is 1. The van der Waals surface area contributed by atoms with Gasteiger partial charge in [0.1, 0.15) is 36.8 Å². The minimum atomic E-state index is -5.94. The first kappa shape index (κ1) is 53.4. The van der Waals surface area contributed by atoms with Crippen molar-refractivity contribution in [1.29, 1.82) is 0 Å². The molecule has 0 saturated carbocycles. The number of fused-ring (bicyclic) bond motifs is 5. The summed E-state index contributed by atoms with van der Waals surface area (Å²) in [5.74, 6) is -1.12. The molecule has 0 radical (unpaired) electrons. The molecule has 2 unspecified atom stereocenters. The first-order valence-corrected chi connectivity index (χ1v) is 27.9. The average molecular weight is 1100 g/mol. The number of aryl methyl sites for hydroxylation is 2. The van der Waals surface area contributed by atoms with Crippen LogP contribution in [0.2, 0.25) is 0 Å². The van der Waals surface area contributed by atoms with Crippen LogP contribution < -0.4 is 46.7 Å². The van der Waals surface area contributed by atoms with E-state index in [-0.39, 0.29) is 46.9 Å². The number of phosphoric acid groups is 3. The van der Waals surface area contributed by atoms with E-state index in [2.05, 4.69) is 69.7 Å². The number of H-pyrrole nitrogens is 1. The number of nitrogens with two attached hydrogens (primary N) is 1. The molecule has 0 spiro atoms. The fourth-order valence-electron chi connectivity index (χ4n) is 9.66. The number of carbonyl (C=O) groups is 3. The molecule has 4 aliphatic heterocycles. The van der Waals surface area contributed by atoms with Crippen LogP contribution in [-0.2, 0) is 49.2 Å². The van der Waals surface area contributed by atoms with Gasteiger partial charge in [-0.15, -0.1) is 0 Å². The van der Waals surface area contributed by atoms with Gasteiger partial charge < -0.3 is 65.3 Å². The zero-order valence-corrected chi connectivity index (χ0v) is 42.5. The molecule has 75 heavy (non-hydrogen) atoms. The Kier molecular flexibility index (Phi) is 14.9. The van der Waals surface area contributed by atoms with Gasteiger partial charge in [0.2, 0.25) is 11.3 Å². The van der Waals surface area contributed by atoms with Crippen LogP contribution >= 0.6 is 23.5 Å². The summed E-state index contributed by atoms with van der Waals surface area (Å²) in [5, 5.41) is 28.8. The highest BCUT2D eigenvalue weighted by molar-refractivity contribution is 7.66. The second kappa shape index (κ2) is 21.0. The Labute approximate surface area is 423 Å². The Bertz CT molecular complexity index is 3490. The van der Waals surface area contributed by atoms with Crippen LogP contribution in [0.3, 0.4) is 0 Å². The van der Waals surface area contributed by atoms with E-state index in [1.165, 1.54) is 18.2 Å². The summed E-state index contributed by atoms with van der Waals surface area (Å²) in [6.07, 6.45) is -3.90. The molecule has 0 bridgehead atoms. The van der Waals surface area contributed by atoms with Crippen molar-refractivity contribution in [2.24, 2.45) is 0 Å². The minimum absolute atomic E-state index is 0.0542. The molecule has 11 N–H and O–H groups in total. The number of aromatic carboxylic acids is 1. The predicted molar refractivity (Wildman–Crippen MR) is 261 cm³/mol. The molecule has 6 heterocycles. The molecule has 2 amide bonds. The molecule has 1 saturated heterocycles. The van der Waals surface area contributed by atoms with Gasteiger partial charge in [0.05, 0.1) is 24.6 Å². The molecule has 9 rings (SSSR count). The first-order chi connectivity index (χ1) is 35.5. The average Bonchev–Trinajstić information content (AvgIpc) is 3.90. The van der Waals surface area contributed by atoms with Crippen molar-refractivity contribution in [3.63, 3.8) is 0 Å². The van der Waals surface area contributed by atoms with E-state index in [9.17, 15) is 52.9 Å². The van der Waals surface area contributed by atoms with Crippen molar-refractivity contribution < 1.29 is 85.2 Å². The Morgan fingerprint density at radius 1 is 0.947 bits per heavy atom. The van der Waals surface area contributed by atoms with Crippen LogP contribution in [0, 0.1) is 0 Å². The Morgan fingerprint density at radius 3 is 2.44 bits per heavy atom. The van der Waals surface area contributed by atoms with Crippen LogP contribution in [0.5, 0.6) is 11.5 Å². The maximum Gasteiger partial charge on any atom is 0.490 e. The maximum atomic E-state index is 13.9. The second-order valence-corrected chi connectivity index (χ2v) is 22.1. The number of nitrogens with zero attached hydrogens (tertiary/aromatic N) is 5. The number of hydrogen-bond donors (Lipinski definition) is 10. The largest absolute Gasteiger partial charge is 0.490 e. The second-order valence-electron chi connectivity index (χ2n) is 17.6. The standard InChI is InChI=1S/C44H50N9O19P3/c1-3-51-13-5-7-22-15-27-31(18-29(22)51)68-32-19-30-23(8-6-14-52(30)4-2)16-28(32)34(27)26-17-24(9-10-25(26)42(57)58)39(55)46-11-12-47-44(59)70-37-33(20-67-74(63,64)72-75(65,66)71-73(60,61)62)69-41(36(37)54)53-21-48-35-38(53)49-43(45)50-40(35)56/h9-10,15-19,21,33,36-37,41,54H,3-8,11-14,20H2,1-2H3,(H9-,45,46,47,49,50,55,56,57,58,59,60,61,62,63,64,65,66)/p+1/t33-,36-,37-,41-/m1/s1. The lowest BCUT2D eigenvalue weighted by Crippen LogP contribution is -2.42. The number of aromatic amines is 1. The number of aromatic nitrogens is 4. The van der Waals surface area contributed by atoms with Crippen LogP contribution in [-0.4, -0.2) is 131 Å². The third kappa shape index (κ3) is 11.3. The van der Waals surface area contributed by atoms with Crippen molar-refractivity contribution in [3.05, 3.63) is 103 Å². The molecular formula is C44H51N9O19P3+. The number of amides is 2. The quantitative estimate of drug-likeness (QED) is 0.0347. The number of imidazole rings is 1. The van der Waals surface area contributed by atoms with Gasteiger partial charge in [-0.05, 0) is 74.6 Å². The number of anilines is 2. The molecule has 3 aromatic carbocycles. The highest BCUT2D eigenvalue weighted by Crippen LogP contribution is 2.66. The third-order valence-corrected chi connectivity index (χ3v) is 16.7. The van der Waals surface area contributed by atoms with E-state index in [4.69, 9.17) is 34.3 Å². The number of hydrogen-bond acceptors (Lipinski definition) is 18. The van der Waals surface area contributed by atoms with Gasteiger partial charge in [-0.3, -0.25) is 23.7 Å². The van der Waals surface area contributed by atoms with E-state index in [1.807, 2.05) is 12.1 Å². The number of phosphoric ester groups is 1. The zero-order chi connectivity index (χ0) is 53.7. The normalized spacial score (nSPS) is 20.7. The summed E-state index contributed by atoms with van der Waals surface area (Å²) in [6, 6.07) is 12.3. The van der Waals surface area contributed by atoms with Gasteiger partial charge in [-0.2, -0.15) is 13.6 Å².